The molecule has 34 heavy (non-hydrogen) atoms. The maximum Gasteiger partial charge on any atom is 0.300 e. The van der Waals surface area contributed by atoms with Gasteiger partial charge in [0.25, 0.3) is 11.7 Å². The molecule has 1 fully saturated rings. The number of aliphatic hydroxyl groups excluding tert-OH is 1. The molecule has 1 unspecified atom stereocenters. The van der Waals surface area contributed by atoms with Crippen molar-refractivity contribution in [1.82, 2.24) is 4.98 Å². The van der Waals surface area contributed by atoms with Crippen molar-refractivity contribution in [3.05, 3.63) is 94.3 Å². The Morgan fingerprint density at radius 3 is 2.24 bits per heavy atom. The maximum absolute atomic E-state index is 13.3. The molecule has 3 aromatic rings. The molecule has 174 valence electrons. The van der Waals surface area contributed by atoms with Gasteiger partial charge in [-0.05, 0) is 78.4 Å². The van der Waals surface area contributed by atoms with Crippen molar-refractivity contribution in [3.63, 3.8) is 0 Å². The van der Waals surface area contributed by atoms with Gasteiger partial charge in [0, 0.05) is 23.6 Å². The summed E-state index contributed by atoms with van der Waals surface area (Å²) < 4.78 is 5.38. The van der Waals surface area contributed by atoms with E-state index in [-0.39, 0.29) is 11.3 Å². The number of Topliss-reactive ketones (excluding diaryl/α,β-unsaturated/α-hetero) is 1. The molecule has 1 aliphatic heterocycles. The number of benzene rings is 2. The number of amides is 1. The highest BCUT2D eigenvalue weighted by Crippen LogP contribution is 2.43. The summed E-state index contributed by atoms with van der Waals surface area (Å²) >= 11 is 0. The zero-order valence-electron chi connectivity index (χ0n) is 20.0. The van der Waals surface area contributed by atoms with Crippen LogP contribution in [0.2, 0.25) is 0 Å². The molecule has 0 aliphatic carbocycles. The van der Waals surface area contributed by atoms with Crippen LogP contribution in [0.3, 0.4) is 0 Å². The van der Waals surface area contributed by atoms with Crippen LogP contribution in [0.25, 0.3) is 5.76 Å². The van der Waals surface area contributed by atoms with Gasteiger partial charge < -0.3 is 9.84 Å². The van der Waals surface area contributed by atoms with E-state index in [0.29, 0.717) is 28.5 Å². The number of aliphatic hydroxyl groups is 1. The number of pyridine rings is 1. The number of ether oxygens (including phenoxy) is 1. The standard InChI is InChI=1S/C28H28N2O4/c1-16(2)19-6-8-21(9-7-19)30-25(20-10-12-29-13-11-20)24(27(32)28(30)33)26(31)22-14-18(4)23(34-5)15-17(22)3/h6-16,25,31H,1-5H3/b26-24+. The van der Waals surface area contributed by atoms with Crippen LogP contribution in [-0.4, -0.2) is 28.9 Å². The number of hydrogen-bond donors (Lipinski definition) is 1. The third-order valence-electron chi connectivity index (χ3n) is 6.30. The van der Waals surface area contributed by atoms with E-state index in [1.165, 1.54) is 4.90 Å². The molecule has 2 heterocycles. The second-order valence-electron chi connectivity index (χ2n) is 8.83. The first-order chi connectivity index (χ1) is 16.2. The van der Waals surface area contributed by atoms with Crippen LogP contribution in [0.1, 0.15) is 53.6 Å². The number of aryl methyl sites for hydroxylation is 2. The minimum absolute atomic E-state index is 0.0526. The fraction of sp³-hybridized carbons (Fsp3) is 0.250. The molecular weight excluding hydrogens is 428 g/mol. The first-order valence-electron chi connectivity index (χ1n) is 11.2. The van der Waals surface area contributed by atoms with Gasteiger partial charge in [0.15, 0.2) is 0 Å². The molecular formula is C28H28N2O4. The van der Waals surface area contributed by atoms with E-state index in [2.05, 4.69) is 18.8 Å². The molecule has 0 spiro atoms. The molecule has 6 heteroatoms. The topological polar surface area (TPSA) is 79.7 Å². The second-order valence-corrected chi connectivity index (χ2v) is 8.83. The van der Waals surface area contributed by atoms with Crippen molar-refractivity contribution in [2.24, 2.45) is 0 Å². The lowest BCUT2D eigenvalue weighted by molar-refractivity contribution is -0.132. The van der Waals surface area contributed by atoms with Gasteiger partial charge in [-0.15, -0.1) is 0 Å². The number of rotatable bonds is 5. The van der Waals surface area contributed by atoms with Gasteiger partial charge in [-0.25, -0.2) is 0 Å². The van der Waals surface area contributed by atoms with Crippen molar-refractivity contribution in [3.8, 4) is 5.75 Å². The summed E-state index contributed by atoms with van der Waals surface area (Å²) in [4.78, 5) is 32.2. The van der Waals surface area contributed by atoms with Crippen LogP contribution in [0, 0.1) is 13.8 Å². The molecule has 2 aromatic carbocycles. The van der Waals surface area contributed by atoms with Crippen LogP contribution in [-0.2, 0) is 9.59 Å². The number of ketones is 1. The number of anilines is 1. The zero-order chi connectivity index (χ0) is 24.6. The quantitative estimate of drug-likeness (QED) is 0.313. The Hall–Kier alpha value is -3.93. The predicted octanol–water partition coefficient (Wildman–Crippen LogP) is 5.46. The van der Waals surface area contributed by atoms with E-state index < -0.39 is 17.7 Å². The molecule has 1 aromatic heterocycles. The Kier molecular flexibility index (Phi) is 6.24. The van der Waals surface area contributed by atoms with Crippen molar-refractivity contribution < 1.29 is 19.4 Å². The summed E-state index contributed by atoms with van der Waals surface area (Å²) in [6.07, 6.45) is 3.22. The summed E-state index contributed by atoms with van der Waals surface area (Å²) in [6, 6.07) is 13.9. The van der Waals surface area contributed by atoms with Crippen molar-refractivity contribution >= 4 is 23.1 Å². The van der Waals surface area contributed by atoms with Gasteiger partial charge in [0.2, 0.25) is 0 Å². The van der Waals surface area contributed by atoms with E-state index in [1.807, 2.05) is 44.2 Å². The van der Waals surface area contributed by atoms with Crippen LogP contribution in [0.4, 0.5) is 5.69 Å². The molecule has 0 saturated carbocycles. The monoisotopic (exact) mass is 456 g/mol. The average molecular weight is 457 g/mol. The van der Waals surface area contributed by atoms with Crippen molar-refractivity contribution in [2.75, 3.05) is 12.0 Å². The van der Waals surface area contributed by atoms with Crippen LogP contribution in [0.15, 0.2) is 66.5 Å². The molecule has 1 N–H and O–H groups in total. The van der Waals surface area contributed by atoms with E-state index in [4.69, 9.17) is 4.74 Å². The smallest absolute Gasteiger partial charge is 0.300 e. The van der Waals surface area contributed by atoms with E-state index in [0.717, 1.165) is 16.7 Å². The first kappa shape index (κ1) is 23.2. The van der Waals surface area contributed by atoms with Gasteiger partial charge in [-0.3, -0.25) is 19.5 Å². The van der Waals surface area contributed by atoms with E-state index in [1.54, 1.807) is 37.7 Å². The minimum atomic E-state index is -0.783. The second kappa shape index (κ2) is 9.14. The van der Waals surface area contributed by atoms with Gasteiger partial charge in [0.05, 0.1) is 18.7 Å². The van der Waals surface area contributed by atoms with E-state index >= 15 is 0 Å². The minimum Gasteiger partial charge on any atom is -0.507 e. The molecule has 1 aliphatic rings. The molecule has 1 amide bonds. The maximum atomic E-state index is 13.3. The Bertz CT molecular complexity index is 1280. The third kappa shape index (κ3) is 3.96. The van der Waals surface area contributed by atoms with Crippen molar-refractivity contribution in [1.29, 1.82) is 0 Å². The summed E-state index contributed by atoms with van der Waals surface area (Å²) in [6.45, 7) is 7.89. The lowest BCUT2D eigenvalue weighted by Gasteiger charge is -2.26. The lowest BCUT2D eigenvalue weighted by atomic mass is 9.93. The summed E-state index contributed by atoms with van der Waals surface area (Å²) in [7, 11) is 1.58. The molecule has 6 nitrogen and oxygen atoms in total. The number of hydrogen-bond acceptors (Lipinski definition) is 5. The fourth-order valence-electron chi connectivity index (χ4n) is 4.39. The van der Waals surface area contributed by atoms with Crippen LogP contribution < -0.4 is 9.64 Å². The highest BCUT2D eigenvalue weighted by atomic mass is 16.5. The Morgan fingerprint density at radius 1 is 1.00 bits per heavy atom. The number of nitrogens with zero attached hydrogens (tertiary/aromatic N) is 2. The van der Waals surface area contributed by atoms with Gasteiger partial charge in [-0.1, -0.05) is 26.0 Å². The first-order valence-corrected chi connectivity index (χ1v) is 11.2. The highest BCUT2D eigenvalue weighted by molar-refractivity contribution is 6.51. The summed E-state index contributed by atoms with van der Waals surface area (Å²) in [5.74, 6) is -0.583. The van der Waals surface area contributed by atoms with Gasteiger partial charge in [-0.2, -0.15) is 0 Å². The average Bonchev–Trinajstić information content (AvgIpc) is 3.10. The van der Waals surface area contributed by atoms with E-state index in [9.17, 15) is 14.7 Å². The van der Waals surface area contributed by atoms with Crippen molar-refractivity contribution in [2.45, 2.75) is 39.7 Å². The predicted molar refractivity (Wildman–Crippen MR) is 132 cm³/mol. The molecule has 1 saturated heterocycles. The SMILES string of the molecule is COc1cc(C)c(/C(O)=C2\C(=O)C(=O)N(c3ccc(C(C)C)cc3)C2c2ccncc2)cc1C. The zero-order valence-corrected chi connectivity index (χ0v) is 20.0. The number of carbonyl (C=O) groups is 2. The Morgan fingerprint density at radius 2 is 1.65 bits per heavy atom. The number of methoxy groups -OCH3 is 1. The largest absolute Gasteiger partial charge is 0.507 e. The molecule has 0 bridgehead atoms. The molecule has 4 rings (SSSR count). The number of carbonyl (C=O) groups excluding carboxylic acids is 2. The normalized spacial score (nSPS) is 17.5. The third-order valence-corrected chi connectivity index (χ3v) is 6.30. The summed E-state index contributed by atoms with van der Waals surface area (Å²) in [5.41, 5.74) is 4.50. The highest BCUT2D eigenvalue weighted by Gasteiger charge is 2.47. The van der Waals surface area contributed by atoms with Gasteiger partial charge in [0.1, 0.15) is 11.5 Å². The van der Waals surface area contributed by atoms with Crippen LogP contribution in [0.5, 0.6) is 5.75 Å². The Labute approximate surface area is 199 Å². The molecule has 0 radical (unpaired) electrons. The summed E-state index contributed by atoms with van der Waals surface area (Å²) in [5, 5.41) is 11.4. The van der Waals surface area contributed by atoms with Crippen LogP contribution >= 0.6 is 0 Å². The fourth-order valence-corrected chi connectivity index (χ4v) is 4.39. The number of aromatic nitrogens is 1. The lowest BCUT2D eigenvalue weighted by Crippen LogP contribution is -2.29. The molecule has 1 atom stereocenters. The van der Waals surface area contributed by atoms with Gasteiger partial charge >= 0.3 is 0 Å². The Balaban J connectivity index is 1.92.